The second-order valence-electron chi connectivity index (χ2n) is 1.92. The Morgan fingerprint density at radius 2 is 2.30 bits per heavy atom. The molecule has 0 radical (unpaired) electrons. The minimum atomic E-state index is 1.01. The highest BCUT2D eigenvalue weighted by Gasteiger charge is 1.83. The van der Waals surface area contributed by atoms with E-state index in [9.17, 15) is 0 Å². The molecule has 1 heteroatoms. The van der Waals surface area contributed by atoms with Crippen molar-refractivity contribution in [3.05, 3.63) is 36.7 Å². The van der Waals surface area contributed by atoms with Gasteiger partial charge in [-0.2, -0.15) is 0 Å². The smallest absolute Gasteiger partial charge is 0.0143 e. The minimum absolute atomic E-state index is 1.01. The molecule has 0 fully saturated rings. The summed E-state index contributed by atoms with van der Waals surface area (Å²) in [6.07, 6.45) is 8.76. The van der Waals surface area contributed by atoms with Crippen LogP contribution in [-0.2, 0) is 0 Å². The first-order valence-corrected chi connectivity index (χ1v) is 3.54. The van der Waals surface area contributed by atoms with E-state index in [4.69, 9.17) is 0 Å². The molecule has 0 saturated carbocycles. The quantitative estimate of drug-likeness (QED) is 0.587. The summed E-state index contributed by atoms with van der Waals surface area (Å²) in [6, 6.07) is 0. The molecule has 56 valence electrons. The van der Waals surface area contributed by atoms with Crippen molar-refractivity contribution < 1.29 is 0 Å². The van der Waals surface area contributed by atoms with E-state index in [2.05, 4.69) is 18.8 Å². The van der Waals surface area contributed by atoms with E-state index in [1.165, 1.54) is 5.70 Å². The third-order valence-corrected chi connectivity index (χ3v) is 1.16. The van der Waals surface area contributed by atoms with E-state index >= 15 is 0 Å². The second kappa shape index (κ2) is 6.14. The molecular weight excluding hydrogens is 122 g/mol. The standard InChI is InChI=1S/C9H15N/c1-4-7-8-9(5-2)10-6-3/h4,6-8,10H,3,5H2,1-2H3/b7-4-,9-8+. The van der Waals surface area contributed by atoms with Crippen LogP contribution in [0.15, 0.2) is 36.7 Å². The molecule has 0 spiro atoms. The highest BCUT2D eigenvalue weighted by molar-refractivity contribution is 5.11. The van der Waals surface area contributed by atoms with Crippen LogP contribution in [0.25, 0.3) is 0 Å². The Bertz CT molecular complexity index is 143. The van der Waals surface area contributed by atoms with Crippen molar-refractivity contribution >= 4 is 0 Å². The van der Waals surface area contributed by atoms with Gasteiger partial charge in [0.1, 0.15) is 0 Å². The van der Waals surface area contributed by atoms with Crippen molar-refractivity contribution in [3.8, 4) is 0 Å². The Hall–Kier alpha value is -0.980. The Kier molecular flexibility index (Phi) is 5.54. The molecule has 0 aromatic carbocycles. The topological polar surface area (TPSA) is 12.0 Å². The van der Waals surface area contributed by atoms with Crippen LogP contribution >= 0.6 is 0 Å². The fourth-order valence-electron chi connectivity index (χ4n) is 0.611. The first-order valence-electron chi connectivity index (χ1n) is 3.54. The average Bonchev–Trinajstić information content (AvgIpc) is 1.98. The van der Waals surface area contributed by atoms with Gasteiger partial charge in [-0.3, -0.25) is 0 Å². The number of hydrogen-bond donors (Lipinski definition) is 1. The van der Waals surface area contributed by atoms with Crippen LogP contribution in [0.3, 0.4) is 0 Å². The van der Waals surface area contributed by atoms with Gasteiger partial charge in [0.2, 0.25) is 0 Å². The summed E-state index contributed by atoms with van der Waals surface area (Å²) in [5.41, 5.74) is 1.19. The van der Waals surface area contributed by atoms with E-state index in [1.807, 2.05) is 25.2 Å². The zero-order valence-electron chi connectivity index (χ0n) is 6.72. The molecule has 0 aliphatic rings. The van der Waals surface area contributed by atoms with Gasteiger partial charge in [-0.15, -0.1) is 0 Å². The van der Waals surface area contributed by atoms with Crippen molar-refractivity contribution in [1.82, 2.24) is 5.32 Å². The molecule has 0 unspecified atom stereocenters. The largest absolute Gasteiger partial charge is 0.366 e. The SMILES string of the molecule is C=CN/C(=C/C=C\C)CC. The number of hydrogen-bond acceptors (Lipinski definition) is 1. The van der Waals surface area contributed by atoms with Crippen molar-refractivity contribution in [2.45, 2.75) is 20.3 Å². The summed E-state index contributed by atoms with van der Waals surface area (Å²) in [5.74, 6) is 0. The lowest BCUT2D eigenvalue weighted by molar-refractivity contribution is 0.946. The summed E-state index contributed by atoms with van der Waals surface area (Å²) in [4.78, 5) is 0. The summed E-state index contributed by atoms with van der Waals surface area (Å²) in [5, 5.41) is 3.04. The number of rotatable bonds is 4. The predicted molar refractivity (Wildman–Crippen MR) is 46.5 cm³/mol. The maximum atomic E-state index is 3.58. The van der Waals surface area contributed by atoms with E-state index in [-0.39, 0.29) is 0 Å². The van der Waals surface area contributed by atoms with Gasteiger partial charge in [-0.05, 0) is 25.6 Å². The van der Waals surface area contributed by atoms with E-state index in [0.717, 1.165) is 6.42 Å². The zero-order valence-corrected chi connectivity index (χ0v) is 6.72. The molecule has 0 bridgehead atoms. The van der Waals surface area contributed by atoms with Crippen LogP contribution in [0.1, 0.15) is 20.3 Å². The Morgan fingerprint density at radius 1 is 1.60 bits per heavy atom. The predicted octanol–water partition coefficient (Wildman–Crippen LogP) is 2.59. The molecule has 0 heterocycles. The molecular formula is C9H15N. The van der Waals surface area contributed by atoms with E-state index in [1.54, 1.807) is 6.20 Å². The van der Waals surface area contributed by atoms with Gasteiger partial charge < -0.3 is 5.32 Å². The maximum Gasteiger partial charge on any atom is 0.0143 e. The highest BCUT2D eigenvalue weighted by Crippen LogP contribution is 1.94. The lowest BCUT2D eigenvalue weighted by Crippen LogP contribution is -2.01. The Balaban J connectivity index is 3.89. The van der Waals surface area contributed by atoms with Crippen LogP contribution in [0, 0.1) is 0 Å². The second-order valence-corrected chi connectivity index (χ2v) is 1.92. The lowest BCUT2D eigenvalue weighted by Gasteiger charge is -2.00. The maximum absolute atomic E-state index is 3.58. The molecule has 0 rings (SSSR count). The molecule has 0 saturated heterocycles. The van der Waals surface area contributed by atoms with Gasteiger partial charge in [-0.1, -0.05) is 25.7 Å². The van der Waals surface area contributed by atoms with Gasteiger partial charge in [0.15, 0.2) is 0 Å². The molecule has 0 aliphatic heterocycles. The van der Waals surface area contributed by atoms with Gasteiger partial charge in [0.25, 0.3) is 0 Å². The Labute approximate surface area is 63.1 Å². The molecule has 1 nitrogen and oxygen atoms in total. The monoisotopic (exact) mass is 137 g/mol. The molecule has 1 N–H and O–H groups in total. The van der Waals surface area contributed by atoms with Crippen molar-refractivity contribution in [3.63, 3.8) is 0 Å². The summed E-state index contributed by atoms with van der Waals surface area (Å²) >= 11 is 0. The fourth-order valence-corrected chi connectivity index (χ4v) is 0.611. The highest BCUT2D eigenvalue weighted by atomic mass is 14.8. The van der Waals surface area contributed by atoms with Crippen molar-refractivity contribution in [2.24, 2.45) is 0 Å². The van der Waals surface area contributed by atoms with Gasteiger partial charge in [0.05, 0.1) is 0 Å². The third kappa shape index (κ3) is 3.96. The van der Waals surface area contributed by atoms with Crippen molar-refractivity contribution in [1.29, 1.82) is 0 Å². The molecule has 0 aliphatic carbocycles. The van der Waals surface area contributed by atoms with Crippen LogP contribution in [0.5, 0.6) is 0 Å². The molecule has 0 amide bonds. The average molecular weight is 137 g/mol. The zero-order chi connectivity index (χ0) is 7.82. The van der Waals surface area contributed by atoms with Gasteiger partial charge in [-0.25, -0.2) is 0 Å². The first kappa shape index (κ1) is 9.02. The summed E-state index contributed by atoms with van der Waals surface area (Å²) < 4.78 is 0. The van der Waals surface area contributed by atoms with Crippen LogP contribution in [0.4, 0.5) is 0 Å². The Morgan fingerprint density at radius 3 is 2.70 bits per heavy atom. The summed E-state index contributed by atoms with van der Waals surface area (Å²) in [6.45, 7) is 7.68. The molecule has 0 aromatic heterocycles. The van der Waals surface area contributed by atoms with Crippen molar-refractivity contribution in [2.75, 3.05) is 0 Å². The number of nitrogens with one attached hydrogen (secondary N) is 1. The molecule has 0 atom stereocenters. The van der Waals surface area contributed by atoms with Crippen LogP contribution in [-0.4, -0.2) is 0 Å². The van der Waals surface area contributed by atoms with Gasteiger partial charge >= 0.3 is 0 Å². The van der Waals surface area contributed by atoms with Crippen LogP contribution < -0.4 is 5.32 Å². The molecule has 10 heavy (non-hydrogen) atoms. The fraction of sp³-hybridized carbons (Fsp3) is 0.333. The van der Waals surface area contributed by atoms with Crippen LogP contribution in [0.2, 0.25) is 0 Å². The molecule has 0 aromatic rings. The first-order chi connectivity index (χ1) is 4.85. The summed E-state index contributed by atoms with van der Waals surface area (Å²) in [7, 11) is 0. The minimum Gasteiger partial charge on any atom is -0.366 e. The van der Waals surface area contributed by atoms with E-state index in [0.29, 0.717) is 0 Å². The number of allylic oxidation sites excluding steroid dienone is 4. The van der Waals surface area contributed by atoms with Gasteiger partial charge in [0, 0.05) is 5.70 Å². The third-order valence-electron chi connectivity index (χ3n) is 1.16. The lowest BCUT2D eigenvalue weighted by atomic mass is 10.3. The van der Waals surface area contributed by atoms with E-state index < -0.39 is 0 Å². The normalized spacial score (nSPS) is 12.0.